The van der Waals surface area contributed by atoms with Crippen LogP contribution in [0.2, 0.25) is 0 Å². The summed E-state index contributed by atoms with van der Waals surface area (Å²) in [5, 5.41) is 7.61. The number of nitrogens with one attached hydrogen (secondary N) is 1. The van der Waals surface area contributed by atoms with Gasteiger partial charge in [-0.15, -0.1) is 11.3 Å². The Morgan fingerprint density at radius 2 is 1.95 bits per heavy atom. The van der Waals surface area contributed by atoms with E-state index in [4.69, 9.17) is 4.98 Å². The van der Waals surface area contributed by atoms with Gasteiger partial charge >= 0.3 is 0 Å². The van der Waals surface area contributed by atoms with Crippen LogP contribution in [0.1, 0.15) is 25.1 Å². The van der Waals surface area contributed by atoms with E-state index < -0.39 is 0 Å². The summed E-state index contributed by atoms with van der Waals surface area (Å²) in [6.45, 7) is 8.38. The number of fused-ring (bicyclic) bond motifs is 1. The quantitative estimate of drug-likeness (QED) is 0.755. The second kappa shape index (κ2) is 5.45. The molecule has 4 heteroatoms. The van der Waals surface area contributed by atoms with Crippen LogP contribution in [-0.2, 0) is 0 Å². The molecule has 0 unspecified atom stereocenters. The van der Waals surface area contributed by atoms with Crippen molar-refractivity contribution in [3.05, 3.63) is 40.9 Å². The molecular weight excluding hydrogens is 278 g/mol. The Kier molecular flexibility index (Phi) is 3.64. The Morgan fingerprint density at radius 1 is 1.14 bits per heavy atom. The third kappa shape index (κ3) is 2.76. The maximum Gasteiger partial charge on any atom is 0.183 e. The van der Waals surface area contributed by atoms with Gasteiger partial charge in [0.1, 0.15) is 0 Å². The van der Waals surface area contributed by atoms with Gasteiger partial charge in [0.25, 0.3) is 0 Å². The summed E-state index contributed by atoms with van der Waals surface area (Å²) >= 11 is 1.65. The second-order valence-corrected chi connectivity index (χ2v) is 6.48. The van der Waals surface area contributed by atoms with E-state index in [9.17, 15) is 0 Å². The van der Waals surface area contributed by atoms with Gasteiger partial charge in [0.2, 0.25) is 0 Å². The zero-order chi connectivity index (χ0) is 15.0. The van der Waals surface area contributed by atoms with E-state index in [0.29, 0.717) is 6.04 Å². The number of nitrogens with zero attached hydrogens (tertiary/aromatic N) is 2. The Labute approximate surface area is 129 Å². The van der Waals surface area contributed by atoms with Gasteiger partial charge < -0.3 is 5.32 Å². The number of hydrogen-bond acceptors (Lipinski definition) is 4. The van der Waals surface area contributed by atoms with Crippen molar-refractivity contribution in [2.45, 2.75) is 33.7 Å². The van der Waals surface area contributed by atoms with Crippen LogP contribution in [0.3, 0.4) is 0 Å². The van der Waals surface area contributed by atoms with Crippen molar-refractivity contribution in [1.82, 2.24) is 9.97 Å². The maximum atomic E-state index is 4.72. The summed E-state index contributed by atoms with van der Waals surface area (Å²) in [5.74, 6) is 0. The lowest BCUT2D eigenvalue weighted by Crippen LogP contribution is -2.09. The second-order valence-electron chi connectivity index (χ2n) is 5.62. The van der Waals surface area contributed by atoms with Crippen LogP contribution in [0, 0.1) is 13.8 Å². The van der Waals surface area contributed by atoms with Crippen molar-refractivity contribution in [3.8, 4) is 11.3 Å². The molecule has 0 saturated heterocycles. The van der Waals surface area contributed by atoms with Gasteiger partial charge in [-0.25, -0.2) is 4.98 Å². The van der Waals surface area contributed by atoms with E-state index in [0.717, 1.165) is 27.6 Å². The molecule has 0 amide bonds. The fraction of sp³-hybridized carbons (Fsp3) is 0.294. The van der Waals surface area contributed by atoms with Crippen LogP contribution >= 0.6 is 11.3 Å². The molecule has 0 spiro atoms. The first kappa shape index (κ1) is 14.0. The molecule has 3 rings (SSSR count). The van der Waals surface area contributed by atoms with Crippen LogP contribution in [0.4, 0.5) is 5.13 Å². The normalized spacial score (nSPS) is 11.3. The topological polar surface area (TPSA) is 37.8 Å². The van der Waals surface area contributed by atoms with Crippen LogP contribution in [-0.4, -0.2) is 16.0 Å². The monoisotopic (exact) mass is 297 g/mol. The molecule has 0 aliphatic heterocycles. The summed E-state index contributed by atoms with van der Waals surface area (Å²) in [6, 6.07) is 8.82. The third-order valence-electron chi connectivity index (χ3n) is 3.36. The van der Waals surface area contributed by atoms with Crippen molar-refractivity contribution in [1.29, 1.82) is 0 Å². The molecule has 0 aliphatic carbocycles. The smallest absolute Gasteiger partial charge is 0.183 e. The van der Waals surface area contributed by atoms with Crippen molar-refractivity contribution < 1.29 is 0 Å². The number of thiazole rings is 1. The minimum Gasteiger partial charge on any atom is -0.359 e. The molecule has 21 heavy (non-hydrogen) atoms. The largest absolute Gasteiger partial charge is 0.359 e. The van der Waals surface area contributed by atoms with Gasteiger partial charge in [-0.3, -0.25) is 4.98 Å². The van der Waals surface area contributed by atoms with E-state index in [1.807, 2.05) is 6.92 Å². The lowest BCUT2D eigenvalue weighted by atomic mass is 10.0. The Bertz CT molecular complexity index is 790. The Balaban J connectivity index is 2.16. The first-order valence-corrected chi connectivity index (χ1v) is 8.02. The summed E-state index contributed by atoms with van der Waals surface area (Å²) in [6.07, 6.45) is 0. The van der Waals surface area contributed by atoms with Crippen LogP contribution in [0.15, 0.2) is 29.6 Å². The molecule has 0 radical (unpaired) electrons. The van der Waals surface area contributed by atoms with Gasteiger partial charge in [0, 0.05) is 28.1 Å². The zero-order valence-electron chi connectivity index (χ0n) is 12.8. The highest BCUT2D eigenvalue weighted by Crippen LogP contribution is 2.32. The summed E-state index contributed by atoms with van der Waals surface area (Å²) in [4.78, 5) is 9.40. The first-order valence-electron chi connectivity index (χ1n) is 7.14. The molecule has 0 saturated carbocycles. The number of aromatic nitrogens is 2. The Morgan fingerprint density at radius 3 is 2.71 bits per heavy atom. The summed E-state index contributed by atoms with van der Waals surface area (Å²) < 4.78 is 0. The lowest BCUT2D eigenvalue weighted by molar-refractivity contribution is 0.897. The van der Waals surface area contributed by atoms with Crippen LogP contribution < -0.4 is 5.32 Å². The molecule has 0 atom stereocenters. The van der Waals surface area contributed by atoms with Gasteiger partial charge in [-0.1, -0.05) is 18.2 Å². The minimum atomic E-state index is 0.391. The predicted molar refractivity (Wildman–Crippen MR) is 91.1 cm³/mol. The average molecular weight is 297 g/mol. The molecule has 0 aliphatic rings. The predicted octanol–water partition coefficient (Wildman–Crippen LogP) is 4.80. The van der Waals surface area contributed by atoms with E-state index in [1.54, 1.807) is 11.3 Å². The molecule has 0 fully saturated rings. The van der Waals surface area contributed by atoms with Crippen molar-refractivity contribution >= 4 is 27.4 Å². The number of pyridine rings is 1. The highest BCUT2D eigenvalue weighted by Gasteiger charge is 2.11. The number of hydrogen-bond donors (Lipinski definition) is 1. The van der Waals surface area contributed by atoms with Crippen molar-refractivity contribution in [2.75, 3.05) is 5.32 Å². The van der Waals surface area contributed by atoms with Crippen LogP contribution in [0.5, 0.6) is 0 Å². The fourth-order valence-corrected chi connectivity index (χ4v) is 3.30. The van der Waals surface area contributed by atoms with Crippen molar-refractivity contribution in [3.63, 3.8) is 0 Å². The summed E-state index contributed by atoms with van der Waals surface area (Å²) in [5.41, 5.74) is 5.48. The molecule has 3 nitrogen and oxygen atoms in total. The van der Waals surface area contributed by atoms with Crippen LogP contribution in [0.25, 0.3) is 22.2 Å². The molecule has 2 aromatic heterocycles. The van der Waals surface area contributed by atoms with Gasteiger partial charge in [-0.2, -0.15) is 0 Å². The highest BCUT2D eigenvalue weighted by atomic mass is 32.1. The Hall–Kier alpha value is -1.94. The number of rotatable bonds is 3. The van der Waals surface area contributed by atoms with Gasteiger partial charge in [0.15, 0.2) is 5.13 Å². The first-order chi connectivity index (χ1) is 10.0. The molecule has 108 valence electrons. The van der Waals surface area contributed by atoms with E-state index in [-0.39, 0.29) is 0 Å². The maximum absolute atomic E-state index is 4.72. The van der Waals surface area contributed by atoms with E-state index in [1.165, 1.54) is 10.9 Å². The number of para-hydroxylation sites is 1. The molecule has 0 bridgehead atoms. The summed E-state index contributed by atoms with van der Waals surface area (Å²) in [7, 11) is 0. The molecule has 1 N–H and O–H groups in total. The van der Waals surface area contributed by atoms with E-state index >= 15 is 0 Å². The standard InChI is InChI=1S/C17H19N3S/c1-10(2)18-17-20-15(9-21-17)14-8-12(4)19-16-11(3)6-5-7-13(14)16/h5-10H,1-4H3,(H,18,20). The zero-order valence-corrected chi connectivity index (χ0v) is 13.6. The van der Waals surface area contributed by atoms with Gasteiger partial charge in [-0.05, 0) is 39.3 Å². The molecular formula is C17H19N3S. The van der Waals surface area contributed by atoms with Gasteiger partial charge in [0.05, 0.1) is 11.2 Å². The minimum absolute atomic E-state index is 0.391. The third-order valence-corrected chi connectivity index (χ3v) is 4.14. The average Bonchev–Trinajstić information content (AvgIpc) is 2.86. The SMILES string of the molecule is Cc1cc(-c2csc(NC(C)C)n2)c2cccc(C)c2n1. The highest BCUT2D eigenvalue weighted by molar-refractivity contribution is 7.14. The molecule has 1 aromatic carbocycles. The number of anilines is 1. The van der Waals surface area contributed by atoms with Crippen molar-refractivity contribution in [2.24, 2.45) is 0 Å². The fourth-order valence-electron chi connectivity index (χ4n) is 2.44. The number of benzene rings is 1. The molecule has 2 heterocycles. The number of aryl methyl sites for hydroxylation is 2. The lowest BCUT2D eigenvalue weighted by Gasteiger charge is -2.08. The molecule has 3 aromatic rings. The van der Waals surface area contributed by atoms with E-state index in [2.05, 4.69) is 60.7 Å².